The highest BCUT2D eigenvalue weighted by molar-refractivity contribution is 14.1. The summed E-state index contributed by atoms with van der Waals surface area (Å²) in [5, 5.41) is 0. The fraction of sp³-hybridized carbons (Fsp3) is 0.100. The molecular weight excluding hydrogens is 289 g/mol. The van der Waals surface area contributed by atoms with Gasteiger partial charge in [0, 0.05) is 53.3 Å². The predicted octanol–water partition coefficient (Wildman–Crippen LogP) is 2.07. The number of nitrogens with zero attached hydrogens (tertiary/aromatic N) is 3. The average Bonchev–Trinajstić information content (AvgIpc) is 2.23. The second kappa shape index (κ2) is 4.45. The second-order valence-electron chi connectivity index (χ2n) is 2.86. The van der Waals surface area contributed by atoms with Crippen LogP contribution in [0.1, 0.15) is 11.3 Å². The van der Waals surface area contributed by atoms with Crippen LogP contribution in [0.25, 0.3) is 0 Å². The van der Waals surface area contributed by atoms with Gasteiger partial charge < -0.3 is 0 Å². The smallest absolute Gasteiger partial charge is 0.190 e. The summed E-state index contributed by atoms with van der Waals surface area (Å²) in [5.74, 6) is 0. The van der Waals surface area contributed by atoms with E-state index in [4.69, 9.17) is 0 Å². The fourth-order valence-electron chi connectivity index (χ4n) is 1.14. The van der Waals surface area contributed by atoms with Gasteiger partial charge in [0.25, 0.3) is 0 Å². The summed E-state index contributed by atoms with van der Waals surface area (Å²) in [6.07, 6.45) is 6.26. The third-order valence-electron chi connectivity index (χ3n) is 1.79. The lowest BCUT2D eigenvalue weighted by molar-refractivity contribution is 1.00. The van der Waals surface area contributed by atoms with Gasteiger partial charge >= 0.3 is 0 Å². The number of hydrogen-bond donors (Lipinski definition) is 0. The molecule has 0 bridgehead atoms. The SMILES string of the molecule is Ic1ncc(Cc2ccccn2)cn1. The van der Waals surface area contributed by atoms with E-state index in [9.17, 15) is 0 Å². The molecule has 0 atom stereocenters. The van der Waals surface area contributed by atoms with Crippen LogP contribution < -0.4 is 0 Å². The van der Waals surface area contributed by atoms with Crippen LogP contribution in [-0.2, 0) is 6.42 Å². The van der Waals surface area contributed by atoms with Crippen molar-refractivity contribution in [3.63, 3.8) is 0 Å². The molecule has 0 saturated carbocycles. The van der Waals surface area contributed by atoms with Gasteiger partial charge in [0.2, 0.25) is 0 Å². The molecule has 0 N–H and O–H groups in total. The largest absolute Gasteiger partial charge is 0.261 e. The normalized spacial score (nSPS) is 10.1. The van der Waals surface area contributed by atoms with Crippen molar-refractivity contribution in [1.29, 1.82) is 0 Å². The van der Waals surface area contributed by atoms with E-state index in [1.165, 1.54) is 0 Å². The second-order valence-corrected chi connectivity index (χ2v) is 3.82. The molecular formula is C10H8IN3. The van der Waals surface area contributed by atoms with Gasteiger partial charge in [0.1, 0.15) is 0 Å². The Morgan fingerprint density at radius 1 is 1.07 bits per heavy atom. The van der Waals surface area contributed by atoms with E-state index in [1.54, 1.807) is 6.20 Å². The minimum Gasteiger partial charge on any atom is -0.261 e. The third kappa shape index (κ3) is 2.47. The predicted molar refractivity (Wildman–Crippen MR) is 61.8 cm³/mol. The summed E-state index contributed by atoms with van der Waals surface area (Å²) < 4.78 is 0.771. The lowest BCUT2D eigenvalue weighted by Crippen LogP contribution is -1.94. The molecule has 4 heteroatoms. The molecule has 0 aromatic carbocycles. The van der Waals surface area contributed by atoms with E-state index in [2.05, 4.69) is 37.5 Å². The monoisotopic (exact) mass is 297 g/mol. The number of rotatable bonds is 2. The highest BCUT2D eigenvalue weighted by Gasteiger charge is 1.97. The molecule has 3 nitrogen and oxygen atoms in total. The van der Waals surface area contributed by atoms with Crippen LogP contribution >= 0.6 is 22.6 Å². The van der Waals surface area contributed by atoms with Gasteiger partial charge in [-0.25, -0.2) is 9.97 Å². The molecule has 2 aromatic rings. The van der Waals surface area contributed by atoms with Gasteiger partial charge in [-0.15, -0.1) is 0 Å². The molecule has 2 heterocycles. The molecule has 14 heavy (non-hydrogen) atoms. The zero-order valence-electron chi connectivity index (χ0n) is 7.39. The van der Waals surface area contributed by atoms with Gasteiger partial charge in [-0.05, 0) is 17.7 Å². The minimum absolute atomic E-state index is 0.771. The van der Waals surface area contributed by atoms with Gasteiger partial charge in [-0.3, -0.25) is 4.98 Å². The summed E-state index contributed by atoms with van der Waals surface area (Å²) in [5.41, 5.74) is 2.13. The summed E-state index contributed by atoms with van der Waals surface area (Å²) in [6.45, 7) is 0. The van der Waals surface area contributed by atoms with Crippen LogP contribution in [-0.4, -0.2) is 15.0 Å². The first-order chi connectivity index (χ1) is 6.84. The zero-order valence-corrected chi connectivity index (χ0v) is 9.55. The highest BCUT2D eigenvalue weighted by atomic mass is 127. The summed E-state index contributed by atoms with van der Waals surface area (Å²) in [4.78, 5) is 12.5. The fourth-order valence-corrected chi connectivity index (χ4v) is 1.42. The van der Waals surface area contributed by atoms with Crippen molar-refractivity contribution in [3.8, 4) is 0 Å². The topological polar surface area (TPSA) is 38.7 Å². The first-order valence-electron chi connectivity index (χ1n) is 4.21. The molecule has 0 fully saturated rings. The number of hydrogen-bond acceptors (Lipinski definition) is 3. The highest BCUT2D eigenvalue weighted by Crippen LogP contribution is 2.05. The summed E-state index contributed by atoms with van der Waals surface area (Å²) in [7, 11) is 0. The summed E-state index contributed by atoms with van der Waals surface area (Å²) >= 11 is 2.09. The maximum atomic E-state index is 4.24. The van der Waals surface area contributed by atoms with Gasteiger partial charge in [-0.2, -0.15) is 0 Å². The first kappa shape index (κ1) is 9.51. The van der Waals surface area contributed by atoms with Crippen molar-refractivity contribution in [3.05, 3.63) is 51.9 Å². The Morgan fingerprint density at radius 2 is 1.86 bits per heavy atom. The number of pyridine rings is 1. The van der Waals surface area contributed by atoms with E-state index < -0.39 is 0 Å². The first-order valence-corrected chi connectivity index (χ1v) is 5.29. The van der Waals surface area contributed by atoms with Crippen LogP contribution in [0.15, 0.2) is 36.8 Å². The van der Waals surface area contributed by atoms with E-state index in [0.29, 0.717) is 0 Å². The van der Waals surface area contributed by atoms with Gasteiger partial charge in [0.15, 0.2) is 3.83 Å². The Morgan fingerprint density at radius 3 is 2.50 bits per heavy atom. The van der Waals surface area contributed by atoms with E-state index in [0.717, 1.165) is 21.5 Å². The maximum absolute atomic E-state index is 4.24. The Balaban J connectivity index is 2.16. The van der Waals surface area contributed by atoms with Crippen molar-refractivity contribution < 1.29 is 0 Å². The van der Waals surface area contributed by atoms with Crippen LogP contribution in [0.4, 0.5) is 0 Å². The van der Waals surface area contributed by atoms with Gasteiger partial charge in [0.05, 0.1) is 0 Å². The van der Waals surface area contributed by atoms with Crippen molar-refractivity contribution in [2.75, 3.05) is 0 Å². The van der Waals surface area contributed by atoms with Crippen molar-refractivity contribution in [1.82, 2.24) is 15.0 Å². The molecule has 2 rings (SSSR count). The van der Waals surface area contributed by atoms with Crippen LogP contribution in [0, 0.1) is 3.83 Å². The third-order valence-corrected chi connectivity index (χ3v) is 2.34. The van der Waals surface area contributed by atoms with Crippen molar-refractivity contribution in [2.45, 2.75) is 6.42 Å². The molecule has 0 radical (unpaired) electrons. The zero-order chi connectivity index (χ0) is 9.80. The number of halogens is 1. The molecule has 0 spiro atoms. The van der Waals surface area contributed by atoms with Crippen LogP contribution in [0.2, 0.25) is 0 Å². The Hall–Kier alpha value is -1.04. The molecule has 0 aliphatic carbocycles. The van der Waals surface area contributed by atoms with Crippen molar-refractivity contribution in [2.24, 2.45) is 0 Å². The van der Waals surface area contributed by atoms with Crippen molar-refractivity contribution >= 4 is 22.6 Å². The molecule has 0 saturated heterocycles. The molecule has 70 valence electrons. The lowest BCUT2D eigenvalue weighted by Gasteiger charge is -1.99. The molecule has 0 unspecified atom stereocenters. The standard InChI is InChI=1S/C10H8IN3/c11-10-13-6-8(7-14-10)5-9-3-1-2-4-12-9/h1-4,6-7H,5H2. The van der Waals surface area contributed by atoms with Gasteiger partial charge in [-0.1, -0.05) is 6.07 Å². The summed E-state index contributed by atoms with van der Waals surface area (Å²) in [6, 6.07) is 5.89. The maximum Gasteiger partial charge on any atom is 0.190 e. The quantitative estimate of drug-likeness (QED) is 0.629. The Bertz CT molecular complexity index is 399. The lowest BCUT2D eigenvalue weighted by atomic mass is 10.2. The van der Waals surface area contributed by atoms with E-state index in [-0.39, 0.29) is 0 Å². The Labute approximate surface area is 95.8 Å². The average molecular weight is 297 g/mol. The minimum atomic E-state index is 0.771. The van der Waals surface area contributed by atoms with E-state index in [1.807, 2.05) is 30.6 Å². The number of aromatic nitrogens is 3. The molecule has 0 aliphatic rings. The van der Waals surface area contributed by atoms with Crippen LogP contribution in [0.5, 0.6) is 0 Å². The molecule has 0 amide bonds. The Kier molecular flexibility index (Phi) is 3.03. The van der Waals surface area contributed by atoms with E-state index >= 15 is 0 Å². The molecule has 0 aliphatic heterocycles. The molecule has 2 aromatic heterocycles. The van der Waals surface area contributed by atoms with Crippen LogP contribution in [0.3, 0.4) is 0 Å².